The van der Waals surface area contributed by atoms with E-state index in [0.717, 1.165) is 30.2 Å². The summed E-state index contributed by atoms with van der Waals surface area (Å²) in [5.41, 5.74) is 2.19. The fourth-order valence-electron chi connectivity index (χ4n) is 2.02. The number of aromatic nitrogens is 1. The molecule has 0 aliphatic carbocycles. The van der Waals surface area contributed by atoms with Crippen LogP contribution in [0.2, 0.25) is 0 Å². The fourth-order valence-corrected chi connectivity index (χ4v) is 2.02. The van der Waals surface area contributed by atoms with E-state index in [4.69, 9.17) is 0 Å². The molecule has 1 aromatic heterocycles. The third-order valence-corrected chi connectivity index (χ3v) is 2.82. The SMILES string of the molecule is CCCC(O)Cc1ccnc2ccccc12. The zero-order valence-electron chi connectivity index (χ0n) is 9.56. The lowest BCUT2D eigenvalue weighted by atomic mass is 10.0. The first kappa shape index (κ1) is 11.1. The first-order chi connectivity index (χ1) is 7.81. The van der Waals surface area contributed by atoms with Crippen LogP contribution in [0.15, 0.2) is 36.5 Å². The number of hydrogen-bond donors (Lipinski definition) is 1. The number of hydrogen-bond acceptors (Lipinski definition) is 2. The van der Waals surface area contributed by atoms with Crippen LogP contribution < -0.4 is 0 Å². The third-order valence-electron chi connectivity index (χ3n) is 2.82. The average molecular weight is 215 g/mol. The lowest BCUT2D eigenvalue weighted by Gasteiger charge is -2.11. The molecule has 1 aromatic carbocycles. The van der Waals surface area contributed by atoms with Crippen LogP contribution in [0.5, 0.6) is 0 Å². The topological polar surface area (TPSA) is 33.1 Å². The molecule has 2 rings (SSSR count). The number of rotatable bonds is 4. The Kier molecular flexibility index (Phi) is 3.52. The van der Waals surface area contributed by atoms with Gasteiger partial charge in [-0.05, 0) is 30.5 Å². The summed E-state index contributed by atoms with van der Waals surface area (Å²) in [5.74, 6) is 0. The number of pyridine rings is 1. The molecular weight excluding hydrogens is 198 g/mol. The van der Waals surface area contributed by atoms with Gasteiger partial charge in [0.15, 0.2) is 0 Å². The fraction of sp³-hybridized carbons (Fsp3) is 0.357. The predicted octanol–water partition coefficient (Wildman–Crippen LogP) is 2.94. The van der Waals surface area contributed by atoms with Crippen molar-refractivity contribution >= 4 is 10.9 Å². The molecule has 1 atom stereocenters. The molecule has 0 saturated heterocycles. The van der Waals surface area contributed by atoms with Gasteiger partial charge in [-0.1, -0.05) is 31.5 Å². The number of fused-ring (bicyclic) bond motifs is 1. The lowest BCUT2D eigenvalue weighted by molar-refractivity contribution is 0.164. The predicted molar refractivity (Wildman–Crippen MR) is 66.4 cm³/mol. The summed E-state index contributed by atoms with van der Waals surface area (Å²) < 4.78 is 0. The van der Waals surface area contributed by atoms with Crippen LogP contribution in [0.1, 0.15) is 25.3 Å². The quantitative estimate of drug-likeness (QED) is 0.850. The van der Waals surface area contributed by atoms with Crippen molar-refractivity contribution in [2.45, 2.75) is 32.3 Å². The maximum atomic E-state index is 9.84. The van der Waals surface area contributed by atoms with Crippen LogP contribution in [0, 0.1) is 0 Å². The van der Waals surface area contributed by atoms with E-state index in [0.29, 0.717) is 0 Å². The van der Waals surface area contributed by atoms with E-state index >= 15 is 0 Å². The van der Waals surface area contributed by atoms with Crippen LogP contribution in [0.3, 0.4) is 0 Å². The maximum absolute atomic E-state index is 9.84. The Morgan fingerprint density at radius 2 is 2.06 bits per heavy atom. The largest absolute Gasteiger partial charge is 0.393 e. The summed E-state index contributed by atoms with van der Waals surface area (Å²) in [6, 6.07) is 10.1. The highest BCUT2D eigenvalue weighted by atomic mass is 16.3. The van der Waals surface area contributed by atoms with Crippen molar-refractivity contribution in [1.82, 2.24) is 4.98 Å². The van der Waals surface area contributed by atoms with E-state index in [1.807, 2.05) is 30.5 Å². The zero-order valence-corrected chi connectivity index (χ0v) is 9.56. The van der Waals surface area contributed by atoms with Gasteiger partial charge in [0.05, 0.1) is 11.6 Å². The van der Waals surface area contributed by atoms with Crippen molar-refractivity contribution in [3.8, 4) is 0 Å². The Hall–Kier alpha value is -1.41. The second-order valence-electron chi connectivity index (χ2n) is 4.13. The van der Waals surface area contributed by atoms with Crippen molar-refractivity contribution in [3.63, 3.8) is 0 Å². The molecular formula is C14H17NO. The summed E-state index contributed by atoms with van der Waals surface area (Å²) in [4.78, 5) is 4.31. The van der Waals surface area contributed by atoms with E-state index in [1.165, 1.54) is 5.56 Å². The minimum atomic E-state index is -0.240. The Morgan fingerprint density at radius 3 is 2.88 bits per heavy atom. The van der Waals surface area contributed by atoms with Gasteiger partial charge in [-0.25, -0.2) is 0 Å². The van der Waals surface area contributed by atoms with Gasteiger partial charge in [0.25, 0.3) is 0 Å². The molecule has 0 bridgehead atoms. The van der Waals surface area contributed by atoms with Crippen molar-refractivity contribution < 1.29 is 5.11 Å². The number of nitrogens with zero attached hydrogens (tertiary/aromatic N) is 1. The highest BCUT2D eigenvalue weighted by Gasteiger charge is 2.07. The first-order valence-corrected chi connectivity index (χ1v) is 5.82. The molecule has 16 heavy (non-hydrogen) atoms. The van der Waals surface area contributed by atoms with Gasteiger partial charge >= 0.3 is 0 Å². The maximum Gasteiger partial charge on any atom is 0.0704 e. The molecule has 0 saturated carbocycles. The summed E-state index contributed by atoms with van der Waals surface area (Å²) in [7, 11) is 0. The van der Waals surface area contributed by atoms with E-state index < -0.39 is 0 Å². The Morgan fingerprint density at radius 1 is 1.25 bits per heavy atom. The van der Waals surface area contributed by atoms with Gasteiger partial charge in [0.2, 0.25) is 0 Å². The Balaban J connectivity index is 2.30. The van der Waals surface area contributed by atoms with Crippen LogP contribution in [0.25, 0.3) is 10.9 Å². The van der Waals surface area contributed by atoms with Crippen LogP contribution in [-0.2, 0) is 6.42 Å². The molecule has 0 fully saturated rings. The van der Waals surface area contributed by atoms with E-state index in [1.54, 1.807) is 0 Å². The first-order valence-electron chi connectivity index (χ1n) is 5.82. The zero-order chi connectivity index (χ0) is 11.4. The van der Waals surface area contributed by atoms with Crippen LogP contribution in [-0.4, -0.2) is 16.2 Å². The molecule has 0 spiro atoms. The highest BCUT2D eigenvalue weighted by Crippen LogP contribution is 2.18. The minimum Gasteiger partial charge on any atom is -0.393 e. The van der Waals surface area contributed by atoms with Gasteiger partial charge in [-0.15, -0.1) is 0 Å². The molecule has 0 amide bonds. The molecule has 0 radical (unpaired) electrons. The van der Waals surface area contributed by atoms with Crippen LogP contribution in [0.4, 0.5) is 0 Å². The monoisotopic (exact) mass is 215 g/mol. The van der Waals surface area contributed by atoms with Gasteiger partial charge in [0, 0.05) is 11.6 Å². The second kappa shape index (κ2) is 5.08. The third kappa shape index (κ3) is 2.39. The summed E-state index contributed by atoms with van der Waals surface area (Å²) >= 11 is 0. The Bertz CT molecular complexity index is 462. The molecule has 2 heteroatoms. The lowest BCUT2D eigenvalue weighted by Crippen LogP contribution is -2.10. The van der Waals surface area contributed by atoms with Gasteiger partial charge in [-0.3, -0.25) is 4.98 Å². The van der Waals surface area contributed by atoms with Crippen molar-refractivity contribution in [2.75, 3.05) is 0 Å². The molecule has 1 N–H and O–H groups in total. The van der Waals surface area contributed by atoms with E-state index in [2.05, 4.69) is 18.0 Å². The average Bonchev–Trinajstić information content (AvgIpc) is 2.30. The van der Waals surface area contributed by atoms with Gasteiger partial charge in [0.1, 0.15) is 0 Å². The smallest absolute Gasteiger partial charge is 0.0704 e. The molecule has 1 unspecified atom stereocenters. The summed E-state index contributed by atoms with van der Waals surface area (Å²) in [6.45, 7) is 2.09. The van der Waals surface area contributed by atoms with Gasteiger partial charge in [-0.2, -0.15) is 0 Å². The number of aliphatic hydroxyl groups excluding tert-OH is 1. The summed E-state index contributed by atoms with van der Waals surface area (Å²) in [5, 5.41) is 11.0. The molecule has 1 heterocycles. The minimum absolute atomic E-state index is 0.240. The van der Waals surface area contributed by atoms with Crippen molar-refractivity contribution in [3.05, 3.63) is 42.1 Å². The highest BCUT2D eigenvalue weighted by molar-refractivity contribution is 5.81. The molecule has 84 valence electrons. The molecule has 0 aliphatic heterocycles. The number of benzene rings is 1. The van der Waals surface area contributed by atoms with Crippen molar-refractivity contribution in [1.29, 1.82) is 0 Å². The molecule has 0 aliphatic rings. The molecule has 2 aromatic rings. The number of aliphatic hydroxyl groups is 1. The van der Waals surface area contributed by atoms with Gasteiger partial charge < -0.3 is 5.11 Å². The van der Waals surface area contributed by atoms with E-state index in [9.17, 15) is 5.11 Å². The van der Waals surface area contributed by atoms with Crippen molar-refractivity contribution in [2.24, 2.45) is 0 Å². The number of para-hydroxylation sites is 1. The second-order valence-corrected chi connectivity index (χ2v) is 4.13. The Labute approximate surface area is 96.0 Å². The van der Waals surface area contributed by atoms with E-state index in [-0.39, 0.29) is 6.10 Å². The standard InChI is InChI=1S/C14H17NO/c1-2-5-12(16)10-11-8-9-15-14-7-4-3-6-13(11)14/h3-4,6-9,12,16H,2,5,10H2,1H3. The van der Waals surface area contributed by atoms with Crippen LogP contribution >= 0.6 is 0 Å². The molecule has 2 nitrogen and oxygen atoms in total. The summed E-state index contributed by atoms with van der Waals surface area (Å²) in [6.07, 6.45) is 4.17. The normalized spacial score (nSPS) is 12.9.